The molecule has 0 bridgehead atoms. The first kappa shape index (κ1) is 31.0. The van der Waals surface area contributed by atoms with E-state index in [1.807, 2.05) is 11.8 Å². The Morgan fingerprint density at radius 1 is 1.10 bits per heavy atom. The van der Waals surface area contributed by atoms with Crippen LogP contribution in [0.25, 0.3) is 6.08 Å². The van der Waals surface area contributed by atoms with Gasteiger partial charge in [-0.2, -0.15) is 0 Å². The molecule has 1 aliphatic carbocycles. The molecule has 1 N–H and O–H groups in total. The van der Waals surface area contributed by atoms with Crippen LogP contribution in [0, 0.1) is 17.6 Å². The molecule has 3 atom stereocenters. The number of carbonyl (C=O) groups excluding carboxylic acids is 1. The Balaban J connectivity index is 1.53. The molecule has 41 heavy (non-hydrogen) atoms. The molecular weight excluding hydrogens is 524 g/mol. The van der Waals surface area contributed by atoms with Crippen molar-refractivity contribution in [2.45, 2.75) is 71.0 Å². The predicted molar refractivity (Wildman–Crippen MR) is 159 cm³/mol. The molecule has 224 valence electrons. The van der Waals surface area contributed by atoms with Gasteiger partial charge in [0.25, 0.3) is 5.91 Å². The fraction of sp³-hybridized carbons (Fsp3) is 0.545. The zero-order chi connectivity index (χ0) is 29.5. The third kappa shape index (κ3) is 8.29. The molecule has 2 aromatic carbocycles. The molecule has 1 heterocycles. The van der Waals surface area contributed by atoms with Crippen molar-refractivity contribution in [2.24, 2.45) is 5.92 Å². The molecule has 6 nitrogen and oxygen atoms in total. The van der Waals surface area contributed by atoms with E-state index in [1.54, 1.807) is 38.5 Å². The number of hydrogen-bond donors (Lipinski definition) is 1. The van der Waals surface area contributed by atoms with Gasteiger partial charge in [0.15, 0.2) is 11.5 Å². The van der Waals surface area contributed by atoms with Gasteiger partial charge in [-0.25, -0.2) is 8.78 Å². The fourth-order valence-electron chi connectivity index (χ4n) is 6.39. The van der Waals surface area contributed by atoms with Crippen LogP contribution in [0.2, 0.25) is 0 Å². The SMILES string of the molecule is COc1ccc(C(=O)N(C/C(C)=C/c2ccc(F)cc2F)C[C@@H]2CCCN2C[C@H]2CC[C@@H](NC(C)C)C2)cc1OC. The van der Waals surface area contributed by atoms with E-state index in [4.69, 9.17) is 9.47 Å². The average molecular weight is 570 g/mol. The lowest BCUT2D eigenvalue weighted by molar-refractivity contribution is 0.0714. The number of methoxy groups -OCH3 is 2. The fourth-order valence-corrected chi connectivity index (χ4v) is 6.39. The van der Waals surface area contributed by atoms with Gasteiger partial charge >= 0.3 is 0 Å². The molecule has 2 fully saturated rings. The number of rotatable bonds is 12. The number of nitrogens with zero attached hydrogens (tertiary/aromatic N) is 2. The second-order valence-electron chi connectivity index (χ2n) is 11.9. The van der Waals surface area contributed by atoms with E-state index in [2.05, 4.69) is 24.1 Å². The second-order valence-corrected chi connectivity index (χ2v) is 11.9. The lowest BCUT2D eigenvalue weighted by atomic mass is 10.1. The number of benzene rings is 2. The van der Waals surface area contributed by atoms with Gasteiger partial charge in [-0.3, -0.25) is 9.69 Å². The molecule has 1 saturated heterocycles. The minimum absolute atomic E-state index is 0.118. The van der Waals surface area contributed by atoms with Crippen LogP contribution in [0.1, 0.15) is 68.8 Å². The molecule has 1 saturated carbocycles. The summed E-state index contributed by atoms with van der Waals surface area (Å²) in [6.07, 6.45) is 7.48. The molecule has 0 unspecified atom stereocenters. The Morgan fingerprint density at radius 2 is 1.88 bits per heavy atom. The van der Waals surface area contributed by atoms with Crippen LogP contribution in [0.15, 0.2) is 42.0 Å². The predicted octanol–water partition coefficient (Wildman–Crippen LogP) is 6.16. The number of nitrogens with one attached hydrogen (secondary N) is 1. The largest absolute Gasteiger partial charge is 0.493 e. The maximum atomic E-state index is 14.4. The molecule has 0 spiro atoms. The number of amides is 1. The van der Waals surface area contributed by atoms with Gasteiger partial charge in [-0.1, -0.05) is 25.5 Å². The van der Waals surface area contributed by atoms with Crippen molar-refractivity contribution >= 4 is 12.0 Å². The van der Waals surface area contributed by atoms with Crippen LogP contribution in [0.5, 0.6) is 11.5 Å². The van der Waals surface area contributed by atoms with Crippen molar-refractivity contribution in [3.05, 3.63) is 64.7 Å². The van der Waals surface area contributed by atoms with E-state index in [0.717, 1.165) is 37.6 Å². The maximum absolute atomic E-state index is 14.4. The topological polar surface area (TPSA) is 54.0 Å². The Hall–Kier alpha value is -2.97. The van der Waals surface area contributed by atoms with E-state index in [-0.39, 0.29) is 11.9 Å². The zero-order valence-corrected chi connectivity index (χ0v) is 25.1. The van der Waals surface area contributed by atoms with Crippen molar-refractivity contribution in [3.63, 3.8) is 0 Å². The molecule has 8 heteroatoms. The van der Waals surface area contributed by atoms with Gasteiger partial charge in [0.2, 0.25) is 0 Å². The normalized spacial score (nSPS) is 21.5. The van der Waals surface area contributed by atoms with Crippen LogP contribution in [0.4, 0.5) is 8.78 Å². The van der Waals surface area contributed by atoms with Crippen molar-refractivity contribution in [3.8, 4) is 11.5 Å². The molecule has 4 rings (SSSR count). The summed E-state index contributed by atoms with van der Waals surface area (Å²) in [5.74, 6) is 0.356. The van der Waals surface area contributed by atoms with Crippen molar-refractivity contribution in [2.75, 3.05) is 40.4 Å². The van der Waals surface area contributed by atoms with Crippen LogP contribution in [-0.2, 0) is 0 Å². The molecule has 0 aromatic heterocycles. The Labute approximate surface area is 243 Å². The summed E-state index contributed by atoms with van der Waals surface area (Å²) in [6.45, 7) is 9.28. The number of ether oxygens (including phenoxy) is 2. The molecule has 1 aliphatic heterocycles. The van der Waals surface area contributed by atoms with Gasteiger partial charge in [-0.15, -0.1) is 0 Å². The van der Waals surface area contributed by atoms with Crippen LogP contribution in [0.3, 0.4) is 0 Å². The lowest BCUT2D eigenvalue weighted by Gasteiger charge is -2.33. The quantitative estimate of drug-likeness (QED) is 0.332. The number of likely N-dealkylation sites (tertiary alicyclic amines) is 1. The Morgan fingerprint density at radius 3 is 2.59 bits per heavy atom. The molecule has 2 aliphatic rings. The number of halogens is 2. The highest BCUT2D eigenvalue weighted by molar-refractivity contribution is 5.95. The standard InChI is InChI=1S/C33H45F2N3O3/c1-22(2)36-28-12-8-24(16-28)20-37-14-6-7-29(37)21-38(19-23(3)15-25-9-11-27(34)18-30(25)35)33(39)26-10-13-31(40-4)32(17-26)41-5/h9-11,13,15,17-18,22,24,28-29,36H,6-8,12,14,16,19-21H2,1-5H3/b23-15+/t24-,28+,29-/m0/s1. The monoisotopic (exact) mass is 569 g/mol. The van der Waals surface area contributed by atoms with Crippen LogP contribution in [-0.4, -0.2) is 74.2 Å². The number of carbonyl (C=O) groups is 1. The molecular formula is C33H45F2N3O3. The van der Waals surface area contributed by atoms with Gasteiger partial charge in [0.05, 0.1) is 14.2 Å². The third-order valence-electron chi connectivity index (χ3n) is 8.26. The van der Waals surface area contributed by atoms with Crippen molar-refractivity contribution in [1.29, 1.82) is 0 Å². The first-order valence-electron chi connectivity index (χ1n) is 14.8. The Bertz CT molecular complexity index is 1220. The lowest BCUT2D eigenvalue weighted by Crippen LogP contribution is -2.45. The summed E-state index contributed by atoms with van der Waals surface area (Å²) in [6, 6.07) is 10.1. The van der Waals surface area contributed by atoms with E-state index in [9.17, 15) is 13.6 Å². The van der Waals surface area contributed by atoms with Crippen LogP contribution < -0.4 is 14.8 Å². The second kappa shape index (κ2) is 14.3. The Kier molecular flexibility index (Phi) is 10.8. The highest BCUT2D eigenvalue weighted by Gasteiger charge is 2.33. The van der Waals surface area contributed by atoms with Crippen molar-refractivity contribution < 1.29 is 23.0 Å². The van der Waals surface area contributed by atoms with E-state index < -0.39 is 11.6 Å². The first-order chi connectivity index (χ1) is 19.7. The maximum Gasteiger partial charge on any atom is 0.254 e. The third-order valence-corrected chi connectivity index (χ3v) is 8.26. The van der Waals surface area contributed by atoms with E-state index in [0.29, 0.717) is 53.7 Å². The first-order valence-corrected chi connectivity index (χ1v) is 14.8. The van der Waals surface area contributed by atoms with Gasteiger partial charge in [0.1, 0.15) is 11.6 Å². The molecule has 2 aromatic rings. The number of hydrogen-bond acceptors (Lipinski definition) is 5. The summed E-state index contributed by atoms with van der Waals surface area (Å²) >= 11 is 0. The minimum atomic E-state index is -0.620. The highest BCUT2D eigenvalue weighted by atomic mass is 19.1. The summed E-state index contributed by atoms with van der Waals surface area (Å²) < 4.78 is 38.7. The minimum Gasteiger partial charge on any atom is -0.493 e. The molecule has 1 amide bonds. The van der Waals surface area contributed by atoms with Gasteiger partial charge < -0.3 is 19.7 Å². The smallest absolute Gasteiger partial charge is 0.254 e. The highest BCUT2D eigenvalue weighted by Crippen LogP contribution is 2.31. The van der Waals surface area contributed by atoms with E-state index >= 15 is 0 Å². The van der Waals surface area contributed by atoms with Crippen molar-refractivity contribution in [1.82, 2.24) is 15.1 Å². The van der Waals surface area contributed by atoms with Gasteiger partial charge in [0, 0.05) is 55.0 Å². The van der Waals surface area contributed by atoms with E-state index in [1.165, 1.54) is 31.4 Å². The summed E-state index contributed by atoms with van der Waals surface area (Å²) in [7, 11) is 3.11. The summed E-state index contributed by atoms with van der Waals surface area (Å²) in [4.78, 5) is 18.4. The zero-order valence-electron chi connectivity index (χ0n) is 25.1. The average Bonchev–Trinajstić information content (AvgIpc) is 3.57. The van der Waals surface area contributed by atoms with Crippen LogP contribution >= 0.6 is 0 Å². The molecule has 0 radical (unpaired) electrons. The summed E-state index contributed by atoms with van der Waals surface area (Å²) in [5.41, 5.74) is 1.62. The van der Waals surface area contributed by atoms with Gasteiger partial charge in [-0.05, 0) is 81.8 Å². The summed E-state index contributed by atoms with van der Waals surface area (Å²) in [5, 5.41) is 3.69.